The quantitative estimate of drug-likeness (QED) is 0.0820. The molecule has 2 aromatic rings. The molecule has 3 N–H and O–H groups in total. The van der Waals surface area contributed by atoms with E-state index in [2.05, 4.69) is 5.32 Å². The monoisotopic (exact) mass is 736 g/mol. The molecule has 4 rings (SSSR count). The molecule has 1 saturated heterocycles. The number of likely N-dealkylation sites (N-methyl/N-ethyl adjacent to an activating group) is 1. The van der Waals surface area contributed by atoms with E-state index in [0.29, 0.717) is 56.0 Å². The second-order valence-electron chi connectivity index (χ2n) is 11.2. The highest BCUT2D eigenvalue weighted by atomic mass is 35.5. The van der Waals surface area contributed by atoms with Crippen molar-refractivity contribution < 1.29 is 41.5 Å². The summed E-state index contributed by atoms with van der Waals surface area (Å²) in [5, 5.41) is 13.2. The number of β-lactam (4-membered cyclic amide) rings is 1. The first kappa shape index (κ1) is 35.9. The lowest BCUT2D eigenvalue weighted by Crippen LogP contribution is -2.70. The van der Waals surface area contributed by atoms with Crippen LogP contribution in [-0.4, -0.2) is 107 Å². The Morgan fingerprint density at radius 2 is 1.87 bits per heavy atom. The van der Waals surface area contributed by atoms with Crippen molar-refractivity contribution in [2.75, 3.05) is 50.2 Å². The number of aromatic nitrogens is 1. The van der Waals surface area contributed by atoms with Gasteiger partial charge in [-0.1, -0.05) is 23.2 Å². The maximum atomic E-state index is 13.0. The molecule has 0 radical (unpaired) electrons. The normalized spacial score (nSPS) is 18.4. The summed E-state index contributed by atoms with van der Waals surface area (Å²) < 4.78 is 33.5. The van der Waals surface area contributed by atoms with E-state index in [0.717, 1.165) is 11.4 Å². The van der Waals surface area contributed by atoms with Crippen molar-refractivity contribution in [3.05, 3.63) is 64.0 Å². The lowest BCUT2D eigenvalue weighted by molar-refractivity contribution is -0.909. The second kappa shape index (κ2) is 15.3. The summed E-state index contributed by atoms with van der Waals surface area (Å²) in [4.78, 5) is 40.7. The van der Waals surface area contributed by atoms with Crippen LogP contribution in [0.1, 0.15) is 6.42 Å². The number of hydrogen-bond acceptors (Lipinski definition) is 8. The third-order valence-corrected chi connectivity index (χ3v) is 12.2. The van der Waals surface area contributed by atoms with Crippen LogP contribution in [0.5, 0.6) is 0 Å². The number of thioether (sulfide) groups is 3. The molecule has 0 spiro atoms. The number of quaternary nitrogens is 1. The number of fused-ring (bicyclic) bond motifs is 1. The van der Waals surface area contributed by atoms with E-state index in [1.165, 1.54) is 40.2 Å². The van der Waals surface area contributed by atoms with Gasteiger partial charge in [0.25, 0.3) is 16.0 Å². The predicted molar refractivity (Wildman–Crippen MR) is 177 cm³/mol. The first-order valence-electron chi connectivity index (χ1n) is 13.8. The minimum atomic E-state index is -3.96. The molecule has 11 nitrogen and oxygen atoms in total. The first-order valence-corrected chi connectivity index (χ1v) is 19.2. The van der Waals surface area contributed by atoms with Gasteiger partial charge < -0.3 is 14.9 Å². The van der Waals surface area contributed by atoms with Crippen LogP contribution in [0.15, 0.2) is 63.8 Å². The van der Waals surface area contributed by atoms with Crippen molar-refractivity contribution in [3.63, 3.8) is 0 Å². The third-order valence-electron chi connectivity index (χ3n) is 7.22. The van der Waals surface area contributed by atoms with E-state index in [1.807, 2.05) is 43.2 Å². The molecule has 45 heavy (non-hydrogen) atoms. The van der Waals surface area contributed by atoms with Crippen molar-refractivity contribution >= 4 is 86.4 Å². The summed E-state index contributed by atoms with van der Waals surface area (Å²) in [6, 6.07) is 8.03. The SMILES string of the molecule is C[N+](C)(CCCS(=O)(=O)O)CC[n+]1ccc(SCC2=C(C(=O)O)N3C(=O)[C@H](NC(=O)CSc4cc(Cl)ccc4Cl)[C@H]3SC2)cc1. The molecule has 1 aromatic carbocycles. The summed E-state index contributed by atoms with van der Waals surface area (Å²) in [7, 11) is 0.0514. The van der Waals surface area contributed by atoms with Gasteiger partial charge >= 0.3 is 5.97 Å². The highest BCUT2D eigenvalue weighted by Crippen LogP contribution is 2.41. The van der Waals surface area contributed by atoms with Gasteiger partial charge in [-0.25, -0.2) is 4.79 Å². The van der Waals surface area contributed by atoms with Crippen molar-refractivity contribution in [1.82, 2.24) is 10.2 Å². The van der Waals surface area contributed by atoms with Crippen LogP contribution in [0.2, 0.25) is 10.0 Å². The van der Waals surface area contributed by atoms with E-state index in [9.17, 15) is 27.9 Å². The largest absolute Gasteiger partial charge is 0.477 e. The van der Waals surface area contributed by atoms with Crippen LogP contribution in [0.3, 0.4) is 0 Å². The topological polar surface area (TPSA) is 145 Å². The van der Waals surface area contributed by atoms with Crippen molar-refractivity contribution in [2.45, 2.75) is 34.2 Å². The number of aliphatic carboxylic acids is 1. The fourth-order valence-electron chi connectivity index (χ4n) is 4.77. The standard InChI is InChI=1S/C28H32Cl2N4O7S4/c1-34(2,11-3-13-45(39,40)41)12-10-32-8-6-20(7-9-32)42-15-18-16-44-27-24(26(36)33(27)25(18)28(37)38)31-23(35)17-43-22-14-19(29)4-5-21(22)30/h4-9,14,24,27H,3,10-13,15-17H2,1-2H3,(H-2,31,35,37,38,39,40,41)/p+2/t24-,27+/m0/s1. The van der Waals surface area contributed by atoms with Gasteiger partial charge in [-0.15, -0.1) is 35.3 Å². The number of rotatable bonds is 15. The molecular weight excluding hydrogens is 704 g/mol. The lowest BCUT2D eigenvalue weighted by atomic mass is 10.0. The lowest BCUT2D eigenvalue weighted by Gasteiger charge is -2.49. The van der Waals surface area contributed by atoms with E-state index >= 15 is 0 Å². The van der Waals surface area contributed by atoms with Crippen LogP contribution in [0.4, 0.5) is 0 Å². The number of nitrogens with one attached hydrogen (secondary N) is 1. The molecule has 2 aliphatic heterocycles. The zero-order chi connectivity index (χ0) is 32.9. The number of carboxylic acid groups (broad SMARTS) is 1. The molecule has 3 heterocycles. The number of nitrogens with zero attached hydrogens (tertiary/aromatic N) is 3. The van der Waals surface area contributed by atoms with Crippen LogP contribution in [0, 0.1) is 0 Å². The molecule has 1 fully saturated rings. The Morgan fingerprint density at radius 3 is 2.53 bits per heavy atom. The Kier molecular flexibility index (Phi) is 12.2. The van der Waals surface area contributed by atoms with Gasteiger partial charge in [0, 0.05) is 44.9 Å². The molecule has 1 aromatic heterocycles. The third kappa shape index (κ3) is 10.0. The fourth-order valence-corrected chi connectivity index (χ4v) is 8.94. The van der Waals surface area contributed by atoms with Crippen molar-refractivity contribution in [1.29, 1.82) is 0 Å². The number of pyridine rings is 1. The molecule has 0 unspecified atom stereocenters. The van der Waals surface area contributed by atoms with Gasteiger partial charge in [0.05, 0.1) is 37.2 Å². The summed E-state index contributed by atoms with van der Waals surface area (Å²) in [5.74, 6) is -1.42. The molecule has 0 bridgehead atoms. The highest BCUT2D eigenvalue weighted by molar-refractivity contribution is 8.01. The number of carbonyl (C=O) groups excluding carboxylic acids is 2. The van der Waals surface area contributed by atoms with Gasteiger partial charge in [-0.2, -0.15) is 13.0 Å². The zero-order valence-electron chi connectivity index (χ0n) is 24.5. The minimum Gasteiger partial charge on any atom is -0.477 e. The van der Waals surface area contributed by atoms with Gasteiger partial charge in [-0.3, -0.25) is 19.0 Å². The van der Waals surface area contributed by atoms with Gasteiger partial charge in [-0.05, 0) is 23.8 Å². The maximum absolute atomic E-state index is 13.0. The van der Waals surface area contributed by atoms with Gasteiger partial charge in [0.15, 0.2) is 18.9 Å². The number of carbonyl (C=O) groups is 3. The van der Waals surface area contributed by atoms with Crippen LogP contribution in [0.25, 0.3) is 0 Å². The van der Waals surface area contributed by atoms with E-state index in [1.54, 1.807) is 18.2 Å². The smallest absolute Gasteiger partial charge is 0.352 e. The summed E-state index contributed by atoms with van der Waals surface area (Å²) in [5.41, 5.74) is 0.612. The Balaban J connectivity index is 1.29. The molecule has 2 aliphatic rings. The summed E-state index contributed by atoms with van der Waals surface area (Å²) in [6.07, 6.45) is 4.24. The van der Waals surface area contributed by atoms with Gasteiger partial charge in [0.2, 0.25) is 5.91 Å². The molecule has 244 valence electrons. The van der Waals surface area contributed by atoms with Gasteiger partial charge in [0.1, 0.15) is 23.7 Å². The number of benzene rings is 1. The predicted octanol–water partition coefficient (Wildman–Crippen LogP) is 3.26. The second-order valence-corrected chi connectivity index (χ2v) is 16.7. The zero-order valence-corrected chi connectivity index (χ0v) is 29.3. The number of carboxylic acids is 1. The maximum Gasteiger partial charge on any atom is 0.352 e. The number of halogens is 2. The summed E-state index contributed by atoms with van der Waals surface area (Å²) in [6.45, 7) is 2.08. The molecule has 17 heteroatoms. The Morgan fingerprint density at radius 1 is 1.16 bits per heavy atom. The first-order chi connectivity index (χ1) is 21.1. The summed E-state index contributed by atoms with van der Waals surface area (Å²) >= 11 is 16.3. The molecule has 2 atom stereocenters. The number of amides is 2. The van der Waals surface area contributed by atoms with Crippen molar-refractivity contribution in [2.24, 2.45) is 0 Å². The van der Waals surface area contributed by atoms with Crippen LogP contribution >= 0.6 is 58.5 Å². The fraction of sp³-hybridized carbons (Fsp3) is 0.429. The molecule has 2 amide bonds. The van der Waals surface area contributed by atoms with E-state index in [4.69, 9.17) is 27.8 Å². The molecular formula is C28H34Cl2N4O7S4+2. The van der Waals surface area contributed by atoms with E-state index < -0.39 is 33.4 Å². The minimum absolute atomic E-state index is 0.0236. The average Bonchev–Trinajstić information content (AvgIpc) is 2.97. The van der Waals surface area contributed by atoms with E-state index in [-0.39, 0.29) is 23.1 Å². The Hall–Kier alpha value is -1.98. The van der Waals surface area contributed by atoms with Crippen LogP contribution < -0.4 is 9.88 Å². The average molecular weight is 738 g/mol. The number of hydrogen-bond donors (Lipinski definition) is 3. The Labute approximate surface area is 285 Å². The Bertz CT molecular complexity index is 1590. The van der Waals surface area contributed by atoms with Crippen molar-refractivity contribution in [3.8, 4) is 0 Å². The molecule has 0 saturated carbocycles. The highest BCUT2D eigenvalue weighted by Gasteiger charge is 2.54. The van der Waals surface area contributed by atoms with Crippen LogP contribution in [-0.2, 0) is 31.0 Å². The molecule has 0 aliphatic carbocycles.